The number of nitrogens with zero attached hydrogens (tertiary/aromatic N) is 2. The van der Waals surface area contributed by atoms with Gasteiger partial charge in [0, 0.05) is 29.2 Å². The van der Waals surface area contributed by atoms with Gasteiger partial charge in [-0.15, -0.1) is 0 Å². The summed E-state index contributed by atoms with van der Waals surface area (Å²) >= 11 is 0. The molecule has 5 heteroatoms. The van der Waals surface area contributed by atoms with E-state index in [1.807, 2.05) is 30.3 Å². The number of halogens is 1. The molecule has 4 aromatic rings. The number of aryl methyl sites for hydroxylation is 1. The number of benzene rings is 3. The molecule has 3 aromatic carbocycles. The van der Waals surface area contributed by atoms with Crippen LogP contribution in [-0.2, 0) is 23.4 Å². The van der Waals surface area contributed by atoms with E-state index < -0.39 is 5.60 Å². The van der Waals surface area contributed by atoms with Crippen LogP contribution in [0.2, 0.25) is 0 Å². The molecule has 0 aliphatic carbocycles. The monoisotopic (exact) mass is 493 g/mol. The van der Waals surface area contributed by atoms with Gasteiger partial charge < -0.3 is 9.72 Å². The van der Waals surface area contributed by atoms with Crippen LogP contribution < -0.4 is 0 Å². The second-order valence-corrected chi connectivity index (χ2v) is 10.5. The zero-order chi connectivity index (χ0) is 25.4. The number of para-hydroxylation sites is 1. The van der Waals surface area contributed by atoms with Crippen LogP contribution in [0.4, 0.5) is 4.39 Å². The minimum Gasteiger partial charge on any atom is -0.361 e. The molecule has 2 aliphatic rings. The van der Waals surface area contributed by atoms with Gasteiger partial charge in [0.1, 0.15) is 11.4 Å². The SMILES string of the molecule is CC1C(CCCc2c[nH]c3ccccc23)N1CCCC1(c2ccc(F)cc2)OCc2cc(C#N)ccc21. The van der Waals surface area contributed by atoms with Crippen LogP contribution in [0, 0.1) is 17.1 Å². The van der Waals surface area contributed by atoms with Gasteiger partial charge in [0.2, 0.25) is 0 Å². The highest BCUT2D eigenvalue weighted by atomic mass is 19.1. The van der Waals surface area contributed by atoms with Crippen molar-refractivity contribution in [1.82, 2.24) is 9.88 Å². The second-order valence-electron chi connectivity index (χ2n) is 10.5. The summed E-state index contributed by atoms with van der Waals surface area (Å²) in [5.74, 6) is -0.245. The standard InChI is InChI=1S/C32H32FN3O/c1-22-31(9-4-6-24-20-35-30-8-3-2-7-28(24)30)36(22)17-5-16-32(26-11-13-27(33)14-12-26)29-15-10-23(19-34)18-25(29)21-37-32/h2-3,7-8,10-15,18,20,22,31,35H,4-6,9,16-17,21H2,1H3. The molecule has 4 unspecified atom stereocenters. The van der Waals surface area contributed by atoms with Gasteiger partial charge in [0.05, 0.1) is 18.2 Å². The summed E-state index contributed by atoms with van der Waals surface area (Å²) in [6.07, 6.45) is 7.46. The third kappa shape index (κ3) is 4.45. The molecular weight excluding hydrogens is 461 g/mol. The maximum absolute atomic E-state index is 13.7. The van der Waals surface area contributed by atoms with E-state index in [-0.39, 0.29) is 5.82 Å². The number of hydrogen-bond donors (Lipinski definition) is 1. The number of rotatable bonds is 9. The topological polar surface area (TPSA) is 51.8 Å². The predicted octanol–water partition coefficient (Wildman–Crippen LogP) is 6.83. The molecule has 0 bridgehead atoms. The molecule has 0 saturated carbocycles. The van der Waals surface area contributed by atoms with Crippen molar-refractivity contribution in [2.75, 3.05) is 6.54 Å². The van der Waals surface area contributed by atoms with Crippen LogP contribution in [0.3, 0.4) is 0 Å². The molecule has 4 nitrogen and oxygen atoms in total. The first-order valence-corrected chi connectivity index (χ1v) is 13.3. The van der Waals surface area contributed by atoms with Gasteiger partial charge in [-0.1, -0.05) is 36.4 Å². The van der Waals surface area contributed by atoms with Gasteiger partial charge in [0.15, 0.2) is 0 Å². The Balaban J connectivity index is 1.09. The largest absolute Gasteiger partial charge is 0.361 e. The van der Waals surface area contributed by atoms with E-state index in [9.17, 15) is 9.65 Å². The molecule has 1 saturated heterocycles. The summed E-state index contributed by atoms with van der Waals surface area (Å²) < 4.78 is 20.2. The summed E-state index contributed by atoms with van der Waals surface area (Å²) in [5, 5.41) is 10.7. The normalized spacial score (nSPS) is 24.2. The fourth-order valence-corrected chi connectivity index (χ4v) is 6.37. The van der Waals surface area contributed by atoms with Gasteiger partial charge in [0.25, 0.3) is 0 Å². The molecule has 0 spiro atoms. The van der Waals surface area contributed by atoms with Gasteiger partial charge >= 0.3 is 0 Å². The average molecular weight is 494 g/mol. The number of nitriles is 1. The molecule has 188 valence electrons. The van der Waals surface area contributed by atoms with Crippen molar-refractivity contribution in [2.24, 2.45) is 0 Å². The van der Waals surface area contributed by atoms with Crippen LogP contribution in [0.25, 0.3) is 10.9 Å². The van der Waals surface area contributed by atoms with E-state index >= 15 is 0 Å². The molecule has 1 fully saturated rings. The molecule has 6 rings (SSSR count). The van der Waals surface area contributed by atoms with Crippen molar-refractivity contribution in [3.63, 3.8) is 0 Å². The maximum atomic E-state index is 13.7. The first-order chi connectivity index (χ1) is 18.1. The number of nitrogens with one attached hydrogen (secondary N) is 1. The lowest BCUT2D eigenvalue weighted by molar-refractivity contribution is -0.0136. The highest BCUT2D eigenvalue weighted by molar-refractivity contribution is 5.83. The molecule has 0 radical (unpaired) electrons. The molecule has 4 atom stereocenters. The summed E-state index contributed by atoms with van der Waals surface area (Å²) in [6, 6.07) is 24.5. The Morgan fingerprint density at radius 1 is 1.11 bits per heavy atom. The van der Waals surface area contributed by atoms with Crippen molar-refractivity contribution in [1.29, 1.82) is 5.26 Å². The smallest absolute Gasteiger partial charge is 0.123 e. The Bertz CT molecular complexity index is 1450. The van der Waals surface area contributed by atoms with Gasteiger partial charge in [-0.05, 0) is 98.2 Å². The number of aromatic nitrogens is 1. The third-order valence-electron chi connectivity index (χ3n) is 8.44. The second kappa shape index (κ2) is 9.78. The minimum absolute atomic E-state index is 0.245. The Morgan fingerprint density at radius 3 is 2.78 bits per heavy atom. The van der Waals surface area contributed by atoms with Crippen molar-refractivity contribution in [3.05, 3.63) is 107 Å². The van der Waals surface area contributed by atoms with Gasteiger partial charge in [-0.3, -0.25) is 4.90 Å². The molecule has 2 aliphatic heterocycles. The first kappa shape index (κ1) is 23.9. The summed E-state index contributed by atoms with van der Waals surface area (Å²) in [4.78, 5) is 5.99. The Labute approximate surface area is 217 Å². The fourth-order valence-electron chi connectivity index (χ4n) is 6.37. The minimum atomic E-state index is -0.596. The van der Waals surface area contributed by atoms with Crippen LogP contribution in [0.1, 0.15) is 60.4 Å². The van der Waals surface area contributed by atoms with E-state index in [1.54, 1.807) is 0 Å². The first-order valence-electron chi connectivity index (χ1n) is 13.3. The molecule has 3 heterocycles. The quantitative estimate of drug-likeness (QED) is 0.260. The number of aromatic amines is 1. The zero-order valence-electron chi connectivity index (χ0n) is 21.2. The Hall–Kier alpha value is -3.46. The van der Waals surface area contributed by atoms with Crippen LogP contribution in [0.15, 0.2) is 72.9 Å². The van der Waals surface area contributed by atoms with Crippen molar-refractivity contribution >= 4 is 10.9 Å². The lowest BCUT2D eigenvalue weighted by Gasteiger charge is -2.31. The van der Waals surface area contributed by atoms with E-state index in [4.69, 9.17) is 4.74 Å². The van der Waals surface area contributed by atoms with Crippen molar-refractivity contribution in [2.45, 2.75) is 63.3 Å². The van der Waals surface area contributed by atoms with Crippen molar-refractivity contribution in [3.8, 4) is 6.07 Å². The highest BCUT2D eigenvalue weighted by Crippen LogP contribution is 2.46. The van der Waals surface area contributed by atoms with E-state index in [2.05, 4.69) is 53.3 Å². The lowest BCUT2D eigenvalue weighted by atomic mass is 9.81. The Kier molecular flexibility index (Phi) is 6.32. The molecule has 1 aromatic heterocycles. The maximum Gasteiger partial charge on any atom is 0.123 e. The van der Waals surface area contributed by atoms with Crippen LogP contribution in [-0.4, -0.2) is 28.5 Å². The van der Waals surface area contributed by atoms with Gasteiger partial charge in [-0.25, -0.2) is 4.39 Å². The van der Waals surface area contributed by atoms with Gasteiger partial charge in [-0.2, -0.15) is 5.26 Å². The predicted molar refractivity (Wildman–Crippen MR) is 144 cm³/mol. The molecule has 37 heavy (non-hydrogen) atoms. The molecule has 1 N–H and O–H groups in total. The molecular formula is C32H32FN3O. The average Bonchev–Trinajstić information content (AvgIpc) is 3.22. The number of fused-ring (bicyclic) bond motifs is 2. The van der Waals surface area contributed by atoms with Crippen LogP contribution in [0.5, 0.6) is 0 Å². The summed E-state index contributed by atoms with van der Waals surface area (Å²) in [7, 11) is 0. The Morgan fingerprint density at radius 2 is 1.95 bits per heavy atom. The third-order valence-corrected chi connectivity index (χ3v) is 8.44. The highest BCUT2D eigenvalue weighted by Gasteiger charge is 2.45. The lowest BCUT2D eigenvalue weighted by Crippen LogP contribution is -2.28. The number of ether oxygens (including phenoxy) is 1. The van der Waals surface area contributed by atoms with Crippen molar-refractivity contribution < 1.29 is 9.13 Å². The summed E-state index contributed by atoms with van der Waals surface area (Å²) in [5.41, 5.74) is 5.81. The zero-order valence-corrected chi connectivity index (χ0v) is 21.2. The molecule has 0 amide bonds. The summed E-state index contributed by atoms with van der Waals surface area (Å²) in [6.45, 7) is 3.83. The van der Waals surface area contributed by atoms with E-state index in [0.29, 0.717) is 24.3 Å². The fraction of sp³-hybridized carbons (Fsp3) is 0.344. The van der Waals surface area contributed by atoms with E-state index in [1.165, 1.54) is 41.4 Å². The van der Waals surface area contributed by atoms with E-state index in [0.717, 1.165) is 42.5 Å². The number of H-pyrrole nitrogens is 1. The number of hydrogen-bond acceptors (Lipinski definition) is 3. The van der Waals surface area contributed by atoms with Crippen LogP contribution >= 0.6 is 0 Å².